The molecule has 2 aliphatic heterocycles. The smallest absolute Gasteiger partial charge is 0.191 e. The first-order chi connectivity index (χ1) is 13.2. The summed E-state index contributed by atoms with van der Waals surface area (Å²) in [6.45, 7) is 8.16. The van der Waals surface area contributed by atoms with E-state index in [1.807, 2.05) is 37.4 Å². The van der Waals surface area contributed by atoms with Crippen molar-refractivity contribution in [2.24, 2.45) is 10.9 Å². The molecule has 0 amide bonds. The van der Waals surface area contributed by atoms with E-state index in [0.29, 0.717) is 6.04 Å². The highest BCUT2D eigenvalue weighted by atomic mass is 127. The Morgan fingerprint density at radius 2 is 2.00 bits per heavy atom. The highest BCUT2D eigenvalue weighted by Gasteiger charge is 2.24. The van der Waals surface area contributed by atoms with Gasteiger partial charge in [0.15, 0.2) is 5.96 Å². The molecule has 1 aromatic carbocycles. The maximum Gasteiger partial charge on any atom is 0.191 e. The lowest BCUT2D eigenvalue weighted by Gasteiger charge is -2.34. The van der Waals surface area contributed by atoms with Crippen LogP contribution in [0.15, 0.2) is 35.3 Å². The van der Waals surface area contributed by atoms with Crippen molar-refractivity contribution < 1.29 is 9.47 Å². The molecule has 0 radical (unpaired) electrons. The van der Waals surface area contributed by atoms with Gasteiger partial charge in [-0.3, -0.25) is 4.99 Å². The third-order valence-electron chi connectivity index (χ3n) is 5.33. The summed E-state index contributed by atoms with van der Waals surface area (Å²) in [4.78, 5) is 6.96. The maximum absolute atomic E-state index is 5.91. The Hall–Kier alpha value is -1.06. The zero-order valence-electron chi connectivity index (χ0n) is 17.1. The molecule has 0 aromatic heterocycles. The normalized spacial score (nSPS) is 22.4. The minimum Gasteiger partial charge on any atom is -0.489 e. The number of piperidine rings is 1. The van der Waals surface area contributed by atoms with Crippen LogP contribution in [0.1, 0.15) is 26.2 Å². The average molecular weight is 502 g/mol. The lowest BCUT2D eigenvalue weighted by atomic mass is 10.0. The van der Waals surface area contributed by atoms with Gasteiger partial charge in [-0.05, 0) is 44.2 Å². The van der Waals surface area contributed by atoms with Gasteiger partial charge in [0.25, 0.3) is 0 Å². The Labute approximate surface area is 186 Å². The lowest BCUT2D eigenvalue weighted by molar-refractivity contribution is 0.150. The number of benzene rings is 1. The van der Waals surface area contributed by atoms with E-state index in [9.17, 15) is 0 Å². The van der Waals surface area contributed by atoms with Crippen LogP contribution in [-0.4, -0.2) is 69.4 Å². The van der Waals surface area contributed by atoms with Gasteiger partial charge < -0.3 is 25.0 Å². The molecule has 3 rings (SSSR count). The second-order valence-electron chi connectivity index (χ2n) is 7.64. The van der Waals surface area contributed by atoms with Gasteiger partial charge >= 0.3 is 0 Å². The molecule has 1 aromatic rings. The number of aliphatic imine (C=N–C) groups is 1. The van der Waals surface area contributed by atoms with Crippen molar-refractivity contribution in [1.82, 2.24) is 15.5 Å². The van der Waals surface area contributed by atoms with E-state index in [2.05, 4.69) is 27.4 Å². The van der Waals surface area contributed by atoms with Crippen LogP contribution in [0.2, 0.25) is 0 Å². The summed E-state index contributed by atoms with van der Waals surface area (Å²) in [5.41, 5.74) is 0. The number of hydrogen-bond acceptors (Lipinski definition) is 4. The first kappa shape index (κ1) is 23.2. The molecule has 0 aliphatic carbocycles. The summed E-state index contributed by atoms with van der Waals surface area (Å²) in [7, 11) is 1.83. The minimum atomic E-state index is 0. The van der Waals surface area contributed by atoms with Gasteiger partial charge in [0.05, 0.1) is 13.2 Å². The number of nitrogens with zero attached hydrogens (tertiary/aromatic N) is 2. The van der Waals surface area contributed by atoms with E-state index in [4.69, 9.17) is 9.47 Å². The van der Waals surface area contributed by atoms with E-state index >= 15 is 0 Å². The van der Waals surface area contributed by atoms with Gasteiger partial charge in [0.1, 0.15) is 11.9 Å². The van der Waals surface area contributed by atoms with E-state index in [0.717, 1.165) is 63.3 Å². The topological polar surface area (TPSA) is 58.1 Å². The molecule has 2 heterocycles. The first-order valence-electron chi connectivity index (χ1n) is 10.2. The second kappa shape index (κ2) is 12.5. The van der Waals surface area contributed by atoms with Crippen LogP contribution in [0.5, 0.6) is 5.75 Å². The predicted molar refractivity (Wildman–Crippen MR) is 125 cm³/mol. The SMILES string of the molecule is CN=C(NCC(C)Oc1ccccc1)NC1CCN(CC2CCOC2)CC1.I. The second-order valence-corrected chi connectivity index (χ2v) is 7.64. The third kappa shape index (κ3) is 7.75. The largest absolute Gasteiger partial charge is 0.489 e. The Kier molecular flexibility index (Phi) is 10.4. The fraction of sp³-hybridized carbons (Fsp3) is 0.667. The van der Waals surface area contributed by atoms with Crippen LogP contribution < -0.4 is 15.4 Å². The fourth-order valence-corrected chi connectivity index (χ4v) is 3.75. The predicted octanol–water partition coefficient (Wildman–Crippen LogP) is 2.74. The molecule has 0 saturated carbocycles. The summed E-state index contributed by atoms with van der Waals surface area (Å²) >= 11 is 0. The van der Waals surface area contributed by atoms with Gasteiger partial charge in [0.2, 0.25) is 0 Å². The number of halogens is 1. The highest BCUT2D eigenvalue weighted by molar-refractivity contribution is 14.0. The van der Waals surface area contributed by atoms with Crippen LogP contribution in [-0.2, 0) is 4.74 Å². The summed E-state index contributed by atoms with van der Waals surface area (Å²) in [5.74, 6) is 2.49. The summed E-state index contributed by atoms with van der Waals surface area (Å²) in [6, 6.07) is 10.4. The van der Waals surface area contributed by atoms with Crippen LogP contribution >= 0.6 is 24.0 Å². The van der Waals surface area contributed by atoms with E-state index in [1.165, 1.54) is 13.0 Å². The molecular weight excluding hydrogens is 467 g/mol. The van der Waals surface area contributed by atoms with Crippen molar-refractivity contribution in [3.05, 3.63) is 30.3 Å². The van der Waals surface area contributed by atoms with Crippen LogP contribution in [0, 0.1) is 5.92 Å². The van der Waals surface area contributed by atoms with Crippen LogP contribution in [0.4, 0.5) is 0 Å². The summed E-state index contributed by atoms with van der Waals surface area (Å²) in [5, 5.41) is 6.96. The van der Waals surface area contributed by atoms with Gasteiger partial charge in [-0.15, -0.1) is 24.0 Å². The zero-order chi connectivity index (χ0) is 18.9. The van der Waals surface area contributed by atoms with Crippen molar-refractivity contribution in [3.63, 3.8) is 0 Å². The quantitative estimate of drug-likeness (QED) is 0.341. The van der Waals surface area contributed by atoms with Gasteiger partial charge in [-0.25, -0.2) is 0 Å². The zero-order valence-corrected chi connectivity index (χ0v) is 19.4. The van der Waals surface area contributed by atoms with Gasteiger partial charge in [0, 0.05) is 39.3 Å². The summed E-state index contributed by atoms with van der Waals surface area (Å²) in [6.07, 6.45) is 3.61. The van der Waals surface area contributed by atoms with Gasteiger partial charge in [-0.1, -0.05) is 18.2 Å². The molecule has 0 spiro atoms. The molecule has 0 bridgehead atoms. The standard InChI is InChI=1S/C21H34N4O2.HI/c1-17(27-20-6-4-3-5-7-20)14-23-21(22-2)24-19-8-11-25(12-9-19)15-18-10-13-26-16-18;/h3-7,17-19H,8-16H2,1-2H3,(H2,22,23,24);1H. The van der Waals surface area contributed by atoms with Crippen molar-refractivity contribution in [2.45, 2.75) is 38.3 Å². The summed E-state index contributed by atoms with van der Waals surface area (Å²) < 4.78 is 11.4. The van der Waals surface area contributed by atoms with Gasteiger partial charge in [-0.2, -0.15) is 0 Å². The molecule has 2 aliphatic rings. The number of ether oxygens (including phenoxy) is 2. The molecule has 2 atom stereocenters. The van der Waals surface area contributed by atoms with E-state index < -0.39 is 0 Å². The monoisotopic (exact) mass is 502 g/mol. The van der Waals surface area contributed by atoms with Crippen LogP contribution in [0.25, 0.3) is 0 Å². The van der Waals surface area contributed by atoms with E-state index in [-0.39, 0.29) is 30.1 Å². The lowest BCUT2D eigenvalue weighted by Crippen LogP contribution is -2.50. The molecular formula is C21H35IN4O2. The van der Waals surface area contributed by atoms with Crippen molar-refractivity contribution in [1.29, 1.82) is 0 Å². The van der Waals surface area contributed by atoms with Crippen molar-refractivity contribution in [3.8, 4) is 5.75 Å². The van der Waals surface area contributed by atoms with Crippen molar-refractivity contribution in [2.75, 3.05) is 46.4 Å². The first-order valence-corrected chi connectivity index (χ1v) is 10.2. The number of rotatable bonds is 7. The van der Waals surface area contributed by atoms with Crippen molar-refractivity contribution >= 4 is 29.9 Å². The number of para-hydroxylation sites is 1. The maximum atomic E-state index is 5.91. The Bertz CT molecular complexity index is 573. The van der Waals surface area contributed by atoms with E-state index in [1.54, 1.807) is 0 Å². The molecule has 2 N–H and O–H groups in total. The molecule has 2 fully saturated rings. The molecule has 2 saturated heterocycles. The Morgan fingerprint density at radius 1 is 1.25 bits per heavy atom. The molecule has 158 valence electrons. The molecule has 7 heteroatoms. The molecule has 2 unspecified atom stereocenters. The number of nitrogens with one attached hydrogen (secondary N) is 2. The number of likely N-dealkylation sites (tertiary alicyclic amines) is 1. The average Bonchev–Trinajstić information content (AvgIpc) is 3.20. The minimum absolute atomic E-state index is 0. The third-order valence-corrected chi connectivity index (χ3v) is 5.33. The Morgan fingerprint density at radius 3 is 2.64 bits per heavy atom. The highest BCUT2D eigenvalue weighted by Crippen LogP contribution is 2.17. The Balaban J connectivity index is 0.00000280. The number of hydrogen-bond donors (Lipinski definition) is 2. The van der Waals surface area contributed by atoms with Crippen LogP contribution in [0.3, 0.4) is 0 Å². The fourth-order valence-electron chi connectivity index (χ4n) is 3.75. The number of guanidine groups is 1. The molecule has 28 heavy (non-hydrogen) atoms. The molecule has 6 nitrogen and oxygen atoms in total.